The molecule has 0 aliphatic heterocycles. The van der Waals surface area contributed by atoms with Crippen LogP contribution in [0, 0.1) is 5.41 Å². The van der Waals surface area contributed by atoms with Crippen LogP contribution in [-0.2, 0) is 16.0 Å². The minimum Gasteiger partial charge on any atom is -0.453 e. The maximum absolute atomic E-state index is 12.4. The maximum atomic E-state index is 12.4. The van der Waals surface area contributed by atoms with Crippen molar-refractivity contribution in [2.24, 2.45) is 5.41 Å². The first-order valence-corrected chi connectivity index (χ1v) is 9.61. The zero-order valence-electron chi connectivity index (χ0n) is 16.3. The molecular weight excluding hydrogens is 352 g/mol. The molecule has 26 heavy (non-hydrogen) atoms. The van der Waals surface area contributed by atoms with E-state index in [4.69, 9.17) is 9.47 Å². The Morgan fingerprint density at radius 1 is 1.38 bits per heavy atom. The second kappa shape index (κ2) is 7.78. The highest BCUT2D eigenvalue weighted by molar-refractivity contribution is 7.09. The topological polar surface area (TPSA) is 77.5 Å². The molecule has 6 nitrogen and oxygen atoms in total. The van der Waals surface area contributed by atoms with Gasteiger partial charge in [-0.3, -0.25) is 0 Å². The summed E-state index contributed by atoms with van der Waals surface area (Å²) in [7, 11) is 0. The van der Waals surface area contributed by atoms with E-state index in [1.165, 1.54) is 16.9 Å². The van der Waals surface area contributed by atoms with Crippen molar-refractivity contribution in [2.45, 2.75) is 72.6 Å². The van der Waals surface area contributed by atoms with Crippen LogP contribution >= 0.6 is 11.3 Å². The van der Waals surface area contributed by atoms with Gasteiger partial charge in [0, 0.05) is 5.38 Å². The van der Waals surface area contributed by atoms with E-state index in [2.05, 4.69) is 31.1 Å². The van der Waals surface area contributed by atoms with Crippen LogP contribution in [0.1, 0.15) is 69.9 Å². The molecule has 0 spiro atoms. The monoisotopic (exact) mass is 380 g/mol. The zero-order chi connectivity index (χ0) is 19.5. The van der Waals surface area contributed by atoms with Crippen molar-refractivity contribution in [1.82, 2.24) is 10.3 Å². The predicted molar refractivity (Wildman–Crippen MR) is 101 cm³/mol. The van der Waals surface area contributed by atoms with Gasteiger partial charge in [0.2, 0.25) is 0 Å². The first kappa shape index (κ1) is 20.4. The van der Waals surface area contributed by atoms with Crippen LogP contribution in [-0.4, -0.2) is 28.8 Å². The number of ether oxygens (including phenoxy) is 2. The quantitative estimate of drug-likeness (QED) is 0.616. The summed E-state index contributed by atoms with van der Waals surface area (Å²) in [5.74, 6) is -0.434. The Bertz CT molecular complexity index is 701. The number of esters is 1. The third-order valence-electron chi connectivity index (χ3n) is 3.78. The molecule has 1 amide bonds. The summed E-state index contributed by atoms with van der Waals surface area (Å²) in [4.78, 5) is 28.3. The first-order valence-electron chi connectivity index (χ1n) is 8.73. The Morgan fingerprint density at radius 2 is 2.08 bits per heavy atom. The van der Waals surface area contributed by atoms with E-state index in [1.807, 2.05) is 6.08 Å². The standard InChI is InChI=1S/C19H28N2O4S/c1-12-7-13(9-19(5,6)8-12)24-16(22)14-11-26-15(21-14)10-20-17(23)25-18(2,3)4/h7,11,13H,8-10H2,1-6H3,(H,20,23). The van der Waals surface area contributed by atoms with Crippen molar-refractivity contribution in [3.63, 3.8) is 0 Å². The zero-order valence-corrected chi connectivity index (χ0v) is 17.2. The molecule has 1 aliphatic rings. The largest absolute Gasteiger partial charge is 0.453 e. The van der Waals surface area contributed by atoms with Gasteiger partial charge in [0.15, 0.2) is 5.69 Å². The number of carbonyl (C=O) groups is 2. The fourth-order valence-electron chi connectivity index (χ4n) is 3.03. The Labute approximate surface area is 159 Å². The lowest BCUT2D eigenvalue weighted by Gasteiger charge is -2.33. The summed E-state index contributed by atoms with van der Waals surface area (Å²) < 4.78 is 10.8. The lowest BCUT2D eigenvalue weighted by molar-refractivity contribution is 0.0278. The number of allylic oxidation sites excluding steroid dienone is 1. The molecule has 144 valence electrons. The Morgan fingerprint density at radius 3 is 2.69 bits per heavy atom. The molecule has 1 aliphatic carbocycles. The number of carbonyl (C=O) groups excluding carboxylic acids is 2. The molecule has 7 heteroatoms. The number of hydrogen-bond acceptors (Lipinski definition) is 6. The highest BCUT2D eigenvalue weighted by atomic mass is 32.1. The van der Waals surface area contributed by atoms with E-state index in [-0.39, 0.29) is 23.8 Å². The second-order valence-electron chi connectivity index (χ2n) is 8.48. The average Bonchev–Trinajstić information content (AvgIpc) is 2.89. The third-order valence-corrected chi connectivity index (χ3v) is 4.63. The van der Waals surface area contributed by atoms with Gasteiger partial charge in [-0.15, -0.1) is 11.3 Å². The molecule has 1 atom stereocenters. The molecule has 1 N–H and O–H groups in total. The SMILES string of the molecule is CC1=CC(OC(=O)c2csc(CNC(=O)OC(C)(C)C)n2)CC(C)(C)C1. The van der Waals surface area contributed by atoms with Gasteiger partial charge in [-0.2, -0.15) is 0 Å². The van der Waals surface area contributed by atoms with Gasteiger partial charge in [0.05, 0.1) is 6.54 Å². The summed E-state index contributed by atoms with van der Waals surface area (Å²) in [6.45, 7) is 12.0. The summed E-state index contributed by atoms with van der Waals surface area (Å²) >= 11 is 1.30. The van der Waals surface area contributed by atoms with E-state index in [1.54, 1.807) is 26.2 Å². The van der Waals surface area contributed by atoms with Crippen molar-refractivity contribution in [3.8, 4) is 0 Å². The maximum Gasteiger partial charge on any atom is 0.408 e. The van der Waals surface area contributed by atoms with Crippen LogP contribution in [0.25, 0.3) is 0 Å². The van der Waals surface area contributed by atoms with Crippen molar-refractivity contribution in [2.75, 3.05) is 0 Å². The van der Waals surface area contributed by atoms with E-state index in [9.17, 15) is 9.59 Å². The lowest BCUT2D eigenvalue weighted by atomic mass is 9.76. The van der Waals surface area contributed by atoms with Crippen LogP contribution in [0.5, 0.6) is 0 Å². The predicted octanol–water partition coefficient (Wildman–Crippen LogP) is 4.46. The molecule has 1 unspecified atom stereocenters. The second-order valence-corrected chi connectivity index (χ2v) is 9.43. The van der Waals surface area contributed by atoms with Crippen LogP contribution in [0.4, 0.5) is 4.79 Å². The number of alkyl carbamates (subject to hydrolysis) is 1. The molecule has 2 rings (SSSR count). The number of hydrogen-bond donors (Lipinski definition) is 1. The average molecular weight is 381 g/mol. The van der Waals surface area contributed by atoms with Gasteiger partial charge in [-0.1, -0.05) is 19.4 Å². The third kappa shape index (κ3) is 6.44. The first-order chi connectivity index (χ1) is 11.9. The molecule has 1 heterocycles. The van der Waals surface area contributed by atoms with Crippen LogP contribution in [0.3, 0.4) is 0 Å². The fraction of sp³-hybridized carbons (Fsp3) is 0.632. The summed E-state index contributed by atoms with van der Waals surface area (Å²) in [6.07, 6.45) is 3.09. The molecule has 0 radical (unpaired) electrons. The van der Waals surface area contributed by atoms with E-state index < -0.39 is 17.7 Å². The fourth-order valence-corrected chi connectivity index (χ4v) is 3.73. The summed E-state index contributed by atoms with van der Waals surface area (Å²) in [6, 6.07) is 0. The van der Waals surface area contributed by atoms with Crippen LogP contribution < -0.4 is 5.32 Å². The van der Waals surface area contributed by atoms with Crippen molar-refractivity contribution >= 4 is 23.4 Å². The van der Waals surface area contributed by atoms with E-state index in [0.717, 1.165) is 12.8 Å². The number of rotatable bonds is 4. The molecule has 0 saturated carbocycles. The van der Waals surface area contributed by atoms with E-state index in [0.29, 0.717) is 5.01 Å². The molecule has 0 saturated heterocycles. The minimum atomic E-state index is -0.554. The molecule has 0 aromatic carbocycles. The highest BCUT2D eigenvalue weighted by Crippen LogP contribution is 2.36. The number of nitrogens with one attached hydrogen (secondary N) is 1. The molecule has 0 bridgehead atoms. The molecule has 1 aromatic heterocycles. The number of thiazole rings is 1. The van der Waals surface area contributed by atoms with E-state index >= 15 is 0 Å². The van der Waals surface area contributed by atoms with Gasteiger partial charge in [-0.05, 0) is 52.0 Å². The summed E-state index contributed by atoms with van der Waals surface area (Å²) in [5, 5.41) is 4.91. The van der Waals surface area contributed by atoms with Crippen LogP contribution in [0.2, 0.25) is 0 Å². The van der Waals surface area contributed by atoms with Crippen molar-refractivity contribution < 1.29 is 19.1 Å². The van der Waals surface area contributed by atoms with Gasteiger partial charge in [-0.25, -0.2) is 14.6 Å². The normalized spacial score (nSPS) is 19.5. The molecule has 1 aromatic rings. The van der Waals surface area contributed by atoms with Crippen molar-refractivity contribution in [3.05, 3.63) is 27.7 Å². The molecule has 0 fully saturated rings. The van der Waals surface area contributed by atoms with Gasteiger partial charge in [0.25, 0.3) is 0 Å². The van der Waals surface area contributed by atoms with Crippen LogP contribution in [0.15, 0.2) is 17.0 Å². The Hall–Kier alpha value is -1.89. The highest BCUT2D eigenvalue weighted by Gasteiger charge is 2.30. The lowest BCUT2D eigenvalue weighted by Crippen LogP contribution is -2.32. The molecular formula is C19H28N2O4S. The van der Waals surface area contributed by atoms with Gasteiger partial charge >= 0.3 is 12.1 Å². The summed E-state index contributed by atoms with van der Waals surface area (Å²) in [5.41, 5.74) is 1.07. The van der Waals surface area contributed by atoms with Gasteiger partial charge < -0.3 is 14.8 Å². The number of nitrogens with zero attached hydrogens (tertiary/aromatic N) is 1. The Kier molecular flexibility index (Phi) is 6.11. The Balaban J connectivity index is 1.90. The smallest absolute Gasteiger partial charge is 0.408 e. The minimum absolute atomic E-state index is 0.119. The van der Waals surface area contributed by atoms with Crippen molar-refractivity contribution in [1.29, 1.82) is 0 Å². The number of aromatic nitrogens is 1. The number of amides is 1. The van der Waals surface area contributed by atoms with Gasteiger partial charge in [0.1, 0.15) is 16.7 Å².